The highest BCUT2D eigenvalue weighted by molar-refractivity contribution is 5.69. The molecule has 9 nitrogen and oxygen atoms in total. The van der Waals surface area contributed by atoms with Gasteiger partial charge in [-0.15, -0.1) is 0 Å². The van der Waals surface area contributed by atoms with Crippen LogP contribution in [0.25, 0.3) is 0 Å². The molecule has 1 amide bonds. The molecule has 2 aliphatic rings. The van der Waals surface area contributed by atoms with E-state index >= 15 is 0 Å². The quantitative estimate of drug-likeness (QED) is 0.654. The molecule has 0 spiro atoms. The van der Waals surface area contributed by atoms with E-state index in [4.69, 9.17) is 18.9 Å². The zero-order valence-electron chi connectivity index (χ0n) is 20.2. The van der Waals surface area contributed by atoms with Crippen molar-refractivity contribution >= 4 is 12.2 Å². The van der Waals surface area contributed by atoms with E-state index in [1.807, 2.05) is 32.9 Å². The van der Waals surface area contributed by atoms with E-state index in [9.17, 15) is 19.8 Å². The van der Waals surface area contributed by atoms with Gasteiger partial charge < -0.3 is 34.1 Å². The van der Waals surface area contributed by atoms with Crippen LogP contribution >= 0.6 is 0 Å². The smallest absolute Gasteiger partial charge is 0.487 e. The number of amides is 1. The molecular formula is C24H35NO8. The normalized spacial score (nSPS) is 25.3. The first-order valence-corrected chi connectivity index (χ1v) is 11.2. The van der Waals surface area contributed by atoms with Crippen molar-refractivity contribution in [2.75, 3.05) is 6.54 Å². The number of benzene rings is 1. The van der Waals surface area contributed by atoms with Crippen LogP contribution in [0.2, 0.25) is 0 Å². The van der Waals surface area contributed by atoms with Crippen LogP contribution in [0.5, 0.6) is 5.75 Å². The Balaban J connectivity index is 1.69. The summed E-state index contributed by atoms with van der Waals surface area (Å²) < 4.78 is 21.9. The molecule has 1 aliphatic heterocycles. The maximum atomic E-state index is 12.5. The second kappa shape index (κ2) is 9.38. The number of hydrogen-bond acceptors (Lipinski definition) is 8. The van der Waals surface area contributed by atoms with Gasteiger partial charge in [0.15, 0.2) is 0 Å². The van der Waals surface area contributed by atoms with E-state index in [1.165, 1.54) is 0 Å². The molecule has 2 N–H and O–H groups in total. The summed E-state index contributed by atoms with van der Waals surface area (Å²) in [5, 5.41) is 20.9. The lowest BCUT2D eigenvalue weighted by Gasteiger charge is -2.32. The molecule has 1 saturated carbocycles. The number of hydrogen-bond donors (Lipinski definition) is 2. The van der Waals surface area contributed by atoms with Gasteiger partial charge >= 0.3 is 12.2 Å². The van der Waals surface area contributed by atoms with Crippen LogP contribution in [-0.4, -0.2) is 69.5 Å². The minimum Gasteiger partial charge on any atom is -0.487 e. The zero-order valence-corrected chi connectivity index (χ0v) is 20.2. The Morgan fingerprint density at radius 3 is 2.24 bits per heavy atom. The van der Waals surface area contributed by atoms with Crippen molar-refractivity contribution in [3.8, 4) is 5.75 Å². The molecule has 9 heteroatoms. The summed E-state index contributed by atoms with van der Waals surface area (Å²) in [4.78, 5) is 26.2. The second-order valence-corrected chi connectivity index (χ2v) is 10.5. The van der Waals surface area contributed by atoms with Crippen molar-refractivity contribution in [2.24, 2.45) is 0 Å². The number of rotatable bonds is 3. The van der Waals surface area contributed by atoms with Crippen molar-refractivity contribution < 1.29 is 38.7 Å². The summed E-state index contributed by atoms with van der Waals surface area (Å²) in [5.74, 6) is 0.509. The lowest BCUT2D eigenvalue weighted by Crippen LogP contribution is -2.40. The average Bonchev–Trinajstić information content (AvgIpc) is 2.93. The van der Waals surface area contributed by atoms with E-state index in [2.05, 4.69) is 0 Å². The van der Waals surface area contributed by atoms with Crippen molar-refractivity contribution in [3.63, 3.8) is 0 Å². The number of fused-ring (bicyclic) bond motifs is 1. The predicted octanol–water partition coefficient (Wildman–Crippen LogP) is 3.17. The van der Waals surface area contributed by atoms with E-state index in [0.29, 0.717) is 25.3 Å². The van der Waals surface area contributed by atoms with E-state index < -0.39 is 47.9 Å². The van der Waals surface area contributed by atoms with Gasteiger partial charge in [-0.1, -0.05) is 12.1 Å². The highest BCUT2D eigenvalue weighted by Crippen LogP contribution is 2.34. The first-order valence-electron chi connectivity index (χ1n) is 11.2. The largest absolute Gasteiger partial charge is 0.509 e. The standard InChI is InChI=1S/C24H35NO8/c1-23(2,3)32-21(28)25-11-10-14-8-7-9-16(15(14)13-25)30-17-12-18(20(27)19(17)26)31-22(29)33-24(4,5)6/h7-9,17-20,26-27H,10-13H2,1-6H3/t17-,18+,19+,20-/m0/s1. The van der Waals surface area contributed by atoms with Crippen LogP contribution in [0.1, 0.15) is 59.1 Å². The summed E-state index contributed by atoms with van der Waals surface area (Å²) in [6.45, 7) is 11.4. The topological polar surface area (TPSA) is 115 Å². The fraction of sp³-hybridized carbons (Fsp3) is 0.667. The van der Waals surface area contributed by atoms with Gasteiger partial charge in [0.1, 0.15) is 41.4 Å². The Kier molecular flexibility index (Phi) is 7.14. The minimum absolute atomic E-state index is 0.0982. The van der Waals surface area contributed by atoms with E-state index in [-0.39, 0.29) is 6.42 Å². The molecule has 0 unspecified atom stereocenters. The van der Waals surface area contributed by atoms with Gasteiger partial charge in [-0.05, 0) is 59.6 Å². The first kappa shape index (κ1) is 25.1. The molecule has 0 saturated heterocycles. The van der Waals surface area contributed by atoms with Crippen molar-refractivity contribution in [1.29, 1.82) is 0 Å². The minimum atomic E-state index is -1.31. The lowest BCUT2D eigenvalue weighted by molar-refractivity contribution is -0.0698. The second-order valence-electron chi connectivity index (χ2n) is 10.5. The van der Waals surface area contributed by atoms with Gasteiger partial charge in [0.2, 0.25) is 0 Å². The van der Waals surface area contributed by atoms with Crippen molar-refractivity contribution in [2.45, 2.75) is 96.5 Å². The summed E-state index contributed by atoms with van der Waals surface area (Å²) >= 11 is 0. The molecule has 3 rings (SSSR count). The average molecular weight is 466 g/mol. The van der Waals surface area contributed by atoms with Gasteiger partial charge in [0.05, 0.1) is 6.54 Å². The van der Waals surface area contributed by atoms with Gasteiger partial charge in [-0.2, -0.15) is 0 Å². The summed E-state index contributed by atoms with van der Waals surface area (Å²) in [6, 6.07) is 5.59. The summed E-state index contributed by atoms with van der Waals surface area (Å²) in [5.41, 5.74) is 0.536. The van der Waals surface area contributed by atoms with Gasteiger partial charge in [-0.25, -0.2) is 9.59 Å². The molecule has 0 bridgehead atoms. The molecular weight excluding hydrogens is 430 g/mol. The monoisotopic (exact) mass is 465 g/mol. The van der Waals surface area contributed by atoms with Gasteiger partial charge in [0, 0.05) is 18.5 Å². The number of ether oxygens (including phenoxy) is 4. The summed E-state index contributed by atoms with van der Waals surface area (Å²) in [6.07, 6.45) is -4.88. The Morgan fingerprint density at radius 1 is 0.970 bits per heavy atom. The van der Waals surface area contributed by atoms with Crippen molar-refractivity contribution in [1.82, 2.24) is 4.90 Å². The highest BCUT2D eigenvalue weighted by Gasteiger charge is 2.46. The third-order valence-electron chi connectivity index (χ3n) is 5.37. The van der Waals surface area contributed by atoms with Crippen LogP contribution in [0.4, 0.5) is 9.59 Å². The Hall–Kier alpha value is -2.52. The third-order valence-corrected chi connectivity index (χ3v) is 5.37. The van der Waals surface area contributed by atoms with Crippen LogP contribution in [0, 0.1) is 0 Å². The van der Waals surface area contributed by atoms with Crippen LogP contribution in [0.15, 0.2) is 18.2 Å². The zero-order chi connectivity index (χ0) is 24.6. The first-order chi connectivity index (χ1) is 15.2. The number of carbonyl (C=O) groups excluding carboxylic acids is 2. The maximum absolute atomic E-state index is 12.5. The predicted molar refractivity (Wildman–Crippen MR) is 119 cm³/mol. The molecule has 1 aliphatic carbocycles. The Labute approximate surface area is 194 Å². The molecule has 184 valence electrons. The molecule has 33 heavy (non-hydrogen) atoms. The van der Waals surface area contributed by atoms with Crippen LogP contribution in [0.3, 0.4) is 0 Å². The molecule has 1 heterocycles. The van der Waals surface area contributed by atoms with Gasteiger partial charge in [0.25, 0.3) is 0 Å². The molecule has 1 aromatic carbocycles. The molecule has 0 aromatic heterocycles. The van der Waals surface area contributed by atoms with Crippen LogP contribution < -0.4 is 4.74 Å². The summed E-state index contributed by atoms with van der Waals surface area (Å²) in [7, 11) is 0. The fourth-order valence-corrected chi connectivity index (χ4v) is 3.89. The molecule has 4 atom stereocenters. The van der Waals surface area contributed by atoms with Crippen molar-refractivity contribution in [3.05, 3.63) is 29.3 Å². The molecule has 0 radical (unpaired) electrons. The number of aliphatic hydroxyl groups excluding tert-OH is 2. The SMILES string of the molecule is CC(C)(C)OC(=O)O[C@@H]1C[C@H](Oc2cccc3c2CN(C(=O)OC(C)(C)C)CC3)[C@@H](O)[C@H]1O. The number of carbonyl (C=O) groups is 2. The Bertz CT molecular complexity index is 872. The van der Waals surface area contributed by atoms with E-state index in [0.717, 1.165) is 11.1 Å². The third kappa shape index (κ3) is 6.51. The van der Waals surface area contributed by atoms with Gasteiger partial charge in [-0.3, -0.25) is 0 Å². The molecule has 1 fully saturated rings. The lowest BCUT2D eigenvalue weighted by atomic mass is 9.99. The highest BCUT2D eigenvalue weighted by atomic mass is 16.7. The Morgan fingerprint density at radius 2 is 1.61 bits per heavy atom. The number of aliphatic hydroxyl groups is 2. The van der Waals surface area contributed by atoms with Crippen LogP contribution in [-0.2, 0) is 27.2 Å². The maximum Gasteiger partial charge on any atom is 0.509 e. The van der Waals surface area contributed by atoms with E-state index in [1.54, 1.807) is 31.7 Å². The number of nitrogens with zero attached hydrogens (tertiary/aromatic N) is 1. The fourth-order valence-electron chi connectivity index (χ4n) is 3.89. The molecule has 1 aromatic rings.